The summed E-state index contributed by atoms with van der Waals surface area (Å²) in [6.07, 6.45) is 3.48. The van der Waals surface area contributed by atoms with Gasteiger partial charge in [0.15, 0.2) is 5.58 Å². The van der Waals surface area contributed by atoms with Crippen molar-refractivity contribution in [3.05, 3.63) is 46.3 Å². The van der Waals surface area contributed by atoms with Gasteiger partial charge in [0.2, 0.25) is 10.0 Å². The Hall–Kier alpha value is -2.72. The number of aryl methyl sites for hydroxylation is 1. The van der Waals surface area contributed by atoms with Gasteiger partial charge in [0.25, 0.3) is 0 Å². The Kier molecular flexibility index (Phi) is 4.90. The van der Waals surface area contributed by atoms with E-state index < -0.39 is 15.8 Å². The second kappa shape index (κ2) is 7.36. The number of sulfonamides is 1. The summed E-state index contributed by atoms with van der Waals surface area (Å²) in [6, 6.07) is 6.11. The van der Waals surface area contributed by atoms with Crippen molar-refractivity contribution in [2.24, 2.45) is 0 Å². The first-order valence-electron chi connectivity index (χ1n) is 9.13. The van der Waals surface area contributed by atoms with Gasteiger partial charge in [-0.05, 0) is 44.4 Å². The molecule has 3 heterocycles. The number of aromatic nitrogens is 3. The lowest BCUT2D eigenvalue weighted by Gasteiger charge is -2.28. The molecule has 4 rings (SSSR count). The van der Waals surface area contributed by atoms with Crippen molar-refractivity contribution in [1.82, 2.24) is 19.7 Å². The molecule has 1 saturated heterocycles. The fraction of sp³-hybridized carbons (Fsp3) is 0.389. The summed E-state index contributed by atoms with van der Waals surface area (Å²) in [5, 5.41) is 0. The van der Waals surface area contributed by atoms with Gasteiger partial charge < -0.3 is 9.32 Å². The highest BCUT2D eigenvalue weighted by atomic mass is 32.2. The monoisotopic (exact) mass is 403 g/mol. The van der Waals surface area contributed by atoms with Crippen LogP contribution in [0.4, 0.5) is 5.82 Å². The molecule has 0 saturated carbocycles. The first-order valence-corrected chi connectivity index (χ1v) is 10.6. The van der Waals surface area contributed by atoms with E-state index in [1.165, 1.54) is 24.6 Å². The number of rotatable bonds is 5. The molecule has 2 aromatic heterocycles. The number of hydrogen-bond donors (Lipinski definition) is 2. The molecule has 1 fully saturated rings. The number of benzene rings is 1. The molecular formula is C18H21N5O4S. The highest BCUT2D eigenvalue weighted by Gasteiger charge is 2.18. The Balaban J connectivity index is 1.53. The maximum atomic E-state index is 12.6. The second-order valence-corrected chi connectivity index (χ2v) is 8.60. The Morgan fingerprint density at radius 1 is 1.18 bits per heavy atom. The zero-order valence-electron chi connectivity index (χ0n) is 15.4. The van der Waals surface area contributed by atoms with E-state index in [2.05, 4.69) is 24.6 Å². The molecule has 0 spiro atoms. The summed E-state index contributed by atoms with van der Waals surface area (Å²) in [5.41, 5.74) is 1.42. The van der Waals surface area contributed by atoms with Gasteiger partial charge in [-0.3, -0.25) is 4.98 Å². The largest absolute Gasteiger partial charge is 0.417 e. The summed E-state index contributed by atoms with van der Waals surface area (Å²) in [5.74, 6) is 0.622. The Morgan fingerprint density at radius 3 is 2.75 bits per heavy atom. The molecule has 0 bridgehead atoms. The number of anilines is 1. The van der Waals surface area contributed by atoms with E-state index in [1.54, 1.807) is 0 Å². The summed E-state index contributed by atoms with van der Waals surface area (Å²) in [7, 11) is -3.80. The Bertz CT molecular complexity index is 1160. The van der Waals surface area contributed by atoms with Crippen LogP contribution in [0.2, 0.25) is 0 Å². The molecule has 10 heteroatoms. The number of aromatic amines is 1. The molecule has 9 nitrogen and oxygen atoms in total. The topological polar surface area (TPSA) is 121 Å². The summed E-state index contributed by atoms with van der Waals surface area (Å²) >= 11 is 0. The minimum absolute atomic E-state index is 0.0230. The van der Waals surface area contributed by atoms with Crippen molar-refractivity contribution >= 4 is 26.9 Å². The van der Waals surface area contributed by atoms with Crippen molar-refractivity contribution in [2.75, 3.05) is 18.0 Å². The first kappa shape index (κ1) is 18.6. The predicted molar refractivity (Wildman–Crippen MR) is 104 cm³/mol. The molecule has 1 aromatic carbocycles. The number of piperidine rings is 1. The highest BCUT2D eigenvalue weighted by molar-refractivity contribution is 7.89. The lowest BCUT2D eigenvalue weighted by atomic mass is 10.1. The predicted octanol–water partition coefficient (Wildman–Crippen LogP) is 1.69. The van der Waals surface area contributed by atoms with Gasteiger partial charge in [-0.2, -0.15) is 0 Å². The molecule has 0 radical (unpaired) electrons. The van der Waals surface area contributed by atoms with Crippen LogP contribution in [-0.2, 0) is 16.6 Å². The van der Waals surface area contributed by atoms with E-state index in [0.717, 1.165) is 37.4 Å². The van der Waals surface area contributed by atoms with Crippen LogP contribution in [0.3, 0.4) is 0 Å². The van der Waals surface area contributed by atoms with E-state index in [0.29, 0.717) is 16.9 Å². The van der Waals surface area contributed by atoms with Gasteiger partial charge in [-0.1, -0.05) is 0 Å². The minimum atomic E-state index is -3.80. The van der Waals surface area contributed by atoms with E-state index in [4.69, 9.17) is 4.42 Å². The number of fused-ring (bicyclic) bond motifs is 1. The zero-order valence-corrected chi connectivity index (χ0v) is 16.3. The van der Waals surface area contributed by atoms with E-state index >= 15 is 0 Å². The maximum absolute atomic E-state index is 12.6. The smallest absolute Gasteiger partial charge is 0.408 e. The van der Waals surface area contributed by atoms with Crippen LogP contribution in [0.5, 0.6) is 0 Å². The van der Waals surface area contributed by atoms with Crippen LogP contribution in [0, 0.1) is 6.92 Å². The molecular weight excluding hydrogens is 382 g/mol. The van der Waals surface area contributed by atoms with Crippen LogP contribution in [0.25, 0.3) is 11.1 Å². The molecule has 1 aliphatic rings. The van der Waals surface area contributed by atoms with Crippen LogP contribution in [0.15, 0.2) is 38.4 Å². The molecule has 28 heavy (non-hydrogen) atoms. The van der Waals surface area contributed by atoms with Crippen LogP contribution in [-0.4, -0.2) is 36.5 Å². The quantitative estimate of drug-likeness (QED) is 0.665. The second-order valence-electron chi connectivity index (χ2n) is 6.83. The van der Waals surface area contributed by atoms with Crippen LogP contribution in [0.1, 0.15) is 30.8 Å². The fourth-order valence-electron chi connectivity index (χ4n) is 3.32. The standard InChI is InChI=1S/C18H21N5O4S/c1-12-9-17(23-7-3-2-4-8-23)22-16(20-12)11-19-28(25,26)13-5-6-15-14(10-13)21-18(24)27-15/h5-6,9-10,19H,2-4,7-8,11H2,1H3,(H,21,24). The average molecular weight is 403 g/mol. The third-order valence-corrected chi connectivity index (χ3v) is 6.09. The van der Waals surface area contributed by atoms with Gasteiger partial charge in [0.1, 0.15) is 11.6 Å². The number of oxazole rings is 1. The number of nitrogens with zero attached hydrogens (tertiary/aromatic N) is 3. The molecule has 3 aromatic rings. The normalized spacial score (nSPS) is 15.2. The zero-order chi connectivity index (χ0) is 19.7. The lowest BCUT2D eigenvalue weighted by Crippen LogP contribution is -2.31. The molecule has 0 atom stereocenters. The highest BCUT2D eigenvalue weighted by Crippen LogP contribution is 2.19. The summed E-state index contributed by atoms with van der Waals surface area (Å²) < 4.78 is 32.7. The number of nitrogens with one attached hydrogen (secondary N) is 2. The van der Waals surface area contributed by atoms with Crippen molar-refractivity contribution < 1.29 is 12.8 Å². The van der Waals surface area contributed by atoms with Crippen molar-refractivity contribution in [3.8, 4) is 0 Å². The van der Waals surface area contributed by atoms with Crippen molar-refractivity contribution in [3.63, 3.8) is 0 Å². The van der Waals surface area contributed by atoms with Crippen LogP contribution < -0.4 is 15.4 Å². The van der Waals surface area contributed by atoms with Gasteiger partial charge in [0, 0.05) is 24.8 Å². The SMILES string of the molecule is Cc1cc(N2CCCCC2)nc(CNS(=O)(=O)c2ccc3oc(=O)[nH]c3c2)n1. The lowest BCUT2D eigenvalue weighted by molar-refractivity contribution is 0.555. The number of hydrogen-bond acceptors (Lipinski definition) is 7. The number of H-pyrrole nitrogens is 1. The molecule has 0 unspecified atom stereocenters. The summed E-state index contributed by atoms with van der Waals surface area (Å²) in [6.45, 7) is 3.75. The minimum Gasteiger partial charge on any atom is -0.408 e. The molecule has 0 aliphatic carbocycles. The first-order chi connectivity index (χ1) is 13.4. The van der Waals surface area contributed by atoms with E-state index in [1.807, 2.05) is 13.0 Å². The van der Waals surface area contributed by atoms with E-state index in [9.17, 15) is 13.2 Å². The van der Waals surface area contributed by atoms with Gasteiger partial charge in [0.05, 0.1) is 17.0 Å². The van der Waals surface area contributed by atoms with Crippen molar-refractivity contribution in [2.45, 2.75) is 37.6 Å². The van der Waals surface area contributed by atoms with Gasteiger partial charge in [-0.25, -0.2) is 27.9 Å². The Labute approximate surface area is 161 Å². The third kappa shape index (κ3) is 3.92. The third-order valence-electron chi connectivity index (χ3n) is 4.69. The molecule has 1 aliphatic heterocycles. The average Bonchev–Trinajstić information content (AvgIpc) is 3.06. The fourth-order valence-corrected chi connectivity index (χ4v) is 4.32. The van der Waals surface area contributed by atoms with Gasteiger partial charge >= 0.3 is 5.76 Å². The summed E-state index contributed by atoms with van der Waals surface area (Å²) in [4.78, 5) is 24.8. The molecule has 0 amide bonds. The molecule has 2 N–H and O–H groups in total. The maximum Gasteiger partial charge on any atom is 0.417 e. The van der Waals surface area contributed by atoms with Gasteiger partial charge in [-0.15, -0.1) is 0 Å². The van der Waals surface area contributed by atoms with Crippen molar-refractivity contribution in [1.29, 1.82) is 0 Å². The molecule has 148 valence electrons. The Morgan fingerprint density at radius 2 is 1.96 bits per heavy atom. The van der Waals surface area contributed by atoms with E-state index in [-0.39, 0.29) is 11.4 Å². The van der Waals surface area contributed by atoms with Crippen LogP contribution >= 0.6 is 0 Å².